The van der Waals surface area contributed by atoms with E-state index >= 15 is 0 Å². The number of rotatable bonds is 7. The summed E-state index contributed by atoms with van der Waals surface area (Å²) in [6.45, 7) is 14.3. The zero-order valence-corrected chi connectivity index (χ0v) is 67.1. The van der Waals surface area contributed by atoms with Gasteiger partial charge in [-0.15, -0.1) is 0 Å². The molecule has 0 unspecified atom stereocenters. The van der Waals surface area contributed by atoms with Crippen molar-refractivity contribution >= 4 is 76.3 Å². The fraction of sp³-hybridized carbons (Fsp3) is 0.0667. The molecule has 0 aliphatic heterocycles. The first-order chi connectivity index (χ1) is 58.3. The van der Waals surface area contributed by atoms with Crippen molar-refractivity contribution in [3.63, 3.8) is 0 Å². The van der Waals surface area contributed by atoms with Gasteiger partial charge in [-0.3, -0.25) is 64.8 Å². The first-order valence-corrected chi connectivity index (χ1v) is 39.3. The van der Waals surface area contributed by atoms with Crippen molar-refractivity contribution in [1.29, 1.82) is 0 Å². The Morgan fingerprint density at radius 2 is 0.521 bits per heavy atom. The predicted molar refractivity (Wildman–Crippen MR) is 488 cm³/mol. The summed E-state index contributed by atoms with van der Waals surface area (Å²) in [5, 5.41) is 8.04. The van der Waals surface area contributed by atoms with Gasteiger partial charge in [0.2, 0.25) is 0 Å². The molecule has 21 aromatic rings. The van der Waals surface area contributed by atoms with Gasteiger partial charge in [0, 0.05) is 152 Å². The highest BCUT2D eigenvalue weighted by molar-refractivity contribution is 5.96. The van der Waals surface area contributed by atoms with Crippen LogP contribution in [0, 0.1) is 48.5 Å². The first-order valence-electron chi connectivity index (χ1n) is 39.3. The Kier molecular flexibility index (Phi) is 25.2. The second kappa shape index (κ2) is 38.1. The lowest BCUT2D eigenvalue weighted by atomic mass is 10.0. The molecule has 0 aliphatic rings. The highest BCUT2D eigenvalue weighted by Gasteiger charge is 2.11. The standard InChI is InChI=1S/7C15H12N2/c1-11-7-8-15(17-10-11)12-4-2-6-14-13(12)5-3-9-16-14;1-11-7-8-14(17-10-11)13-6-2-4-12-5-3-9-16-15(12)13;1-11-4-7-14(17-10-11)13-6-5-12-3-2-8-16-15(12)9-13;1-11-4-6-15(17-10-11)13-5-7-14-12(9-13)3-2-8-16-14;1-11-6-8-14(16-10-11)15-9-7-12-4-2-3-5-13(12)17-15;1-11-6-7-15(16-9-11)13-8-12-4-2-3-5-14(12)17-10-13;1-11-6-7-15(17-10-11)13-8-9-16-14-5-3-2-4-12(13)14/h7*2-10H,1H3. The van der Waals surface area contributed by atoms with Crippen LogP contribution in [0.5, 0.6) is 0 Å². The third-order valence-corrected chi connectivity index (χ3v) is 19.7. The molecule has 0 bridgehead atoms. The lowest BCUT2D eigenvalue weighted by Crippen LogP contribution is -1.88. The maximum absolute atomic E-state index is 4.61. The Hall–Kier alpha value is -15.5. The van der Waals surface area contributed by atoms with E-state index in [-0.39, 0.29) is 0 Å². The van der Waals surface area contributed by atoms with Gasteiger partial charge in [-0.25, -0.2) is 4.98 Å². The van der Waals surface area contributed by atoms with Gasteiger partial charge in [0.15, 0.2) is 0 Å². The zero-order chi connectivity index (χ0) is 81.7. The van der Waals surface area contributed by atoms with Crippen LogP contribution in [0.4, 0.5) is 0 Å². The summed E-state index contributed by atoms with van der Waals surface area (Å²) < 4.78 is 0. The molecular weight excluding hydrogens is 1460 g/mol. The number of para-hydroxylation sites is 4. The van der Waals surface area contributed by atoms with Crippen molar-refractivity contribution in [3.05, 3.63) is 423 Å². The zero-order valence-electron chi connectivity index (χ0n) is 67.1. The molecule has 14 heteroatoms. The van der Waals surface area contributed by atoms with Crippen molar-refractivity contribution < 1.29 is 0 Å². The molecule has 0 spiro atoms. The summed E-state index contributed by atoms with van der Waals surface area (Å²) >= 11 is 0. The van der Waals surface area contributed by atoms with Crippen LogP contribution in [0.1, 0.15) is 38.9 Å². The molecule has 14 heterocycles. The van der Waals surface area contributed by atoms with Crippen LogP contribution in [-0.4, -0.2) is 69.8 Å². The van der Waals surface area contributed by atoms with Crippen LogP contribution >= 0.6 is 0 Å². The number of aryl methyl sites for hydroxylation is 7. The number of fused-ring (bicyclic) bond motifs is 7. The van der Waals surface area contributed by atoms with E-state index in [1.807, 2.05) is 275 Å². The van der Waals surface area contributed by atoms with Crippen molar-refractivity contribution in [3.8, 4) is 78.9 Å². The average molecular weight is 1540 g/mol. The topological polar surface area (TPSA) is 180 Å². The summed E-state index contributed by atoms with van der Waals surface area (Å²) in [5.74, 6) is 0. The van der Waals surface area contributed by atoms with Crippen molar-refractivity contribution in [2.75, 3.05) is 0 Å². The SMILES string of the molecule is Cc1ccc(-c2ccc3ccccc3n2)nc1.Cc1ccc(-c2ccc3cccnc3c2)nc1.Cc1ccc(-c2ccc3ncccc3c2)nc1.Cc1ccc(-c2cccc3cccnc23)nc1.Cc1ccc(-c2cccc3ncccc23)nc1.Cc1ccc(-c2ccnc3ccccc23)nc1.Cc1ccc(-c2cnc3ccccc3c2)nc1. The molecule has 0 saturated carbocycles. The molecule has 0 amide bonds. The van der Waals surface area contributed by atoms with Crippen LogP contribution in [0.2, 0.25) is 0 Å². The average Bonchev–Trinajstić information content (AvgIpc) is 0.672. The van der Waals surface area contributed by atoms with E-state index in [0.29, 0.717) is 0 Å². The second-order valence-electron chi connectivity index (χ2n) is 28.8. The van der Waals surface area contributed by atoms with Crippen LogP contribution in [0.3, 0.4) is 0 Å². The third-order valence-electron chi connectivity index (χ3n) is 19.7. The summed E-state index contributed by atoms with van der Waals surface area (Å²) in [6.07, 6.45) is 24.2. The Balaban J connectivity index is 0.000000108. The highest BCUT2D eigenvalue weighted by atomic mass is 14.8. The van der Waals surface area contributed by atoms with Gasteiger partial charge in [0.25, 0.3) is 0 Å². The molecule has 0 aliphatic carbocycles. The Morgan fingerprint density at radius 3 is 1.11 bits per heavy atom. The highest BCUT2D eigenvalue weighted by Crippen LogP contribution is 2.31. The number of benzene rings is 7. The molecule has 0 N–H and O–H groups in total. The minimum absolute atomic E-state index is 0.918. The quantitative estimate of drug-likeness (QED) is 0.147. The lowest BCUT2D eigenvalue weighted by molar-refractivity contribution is 1.24. The largest absolute Gasteiger partial charge is 0.256 e. The van der Waals surface area contributed by atoms with Crippen LogP contribution in [-0.2, 0) is 0 Å². The van der Waals surface area contributed by atoms with Gasteiger partial charge >= 0.3 is 0 Å². The number of aromatic nitrogens is 14. The van der Waals surface area contributed by atoms with Crippen LogP contribution < -0.4 is 0 Å². The van der Waals surface area contributed by atoms with Crippen LogP contribution in [0.15, 0.2) is 384 Å². The number of hydrogen-bond acceptors (Lipinski definition) is 14. The van der Waals surface area contributed by atoms with E-state index in [9.17, 15) is 0 Å². The number of nitrogens with zero attached hydrogens (tertiary/aromatic N) is 14. The minimum atomic E-state index is 0.918. The maximum atomic E-state index is 4.61. The number of pyridine rings is 14. The van der Waals surface area contributed by atoms with E-state index in [0.717, 1.165) is 161 Å². The molecule has 0 atom stereocenters. The van der Waals surface area contributed by atoms with Crippen molar-refractivity contribution in [2.45, 2.75) is 48.5 Å². The van der Waals surface area contributed by atoms with Gasteiger partial charge in [-0.2, -0.15) is 0 Å². The molecule has 0 radical (unpaired) electrons. The van der Waals surface area contributed by atoms with E-state index in [2.05, 4.69) is 228 Å². The Labute approximate surface area is 692 Å². The smallest absolute Gasteiger partial charge is 0.0893 e. The minimum Gasteiger partial charge on any atom is -0.256 e. The summed E-state index contributed by atoms with van der Waals surface area (Å²) in [4.78, 5) is 61.9. The molecular formula is C105H84N14. The summed E-state index contributed by atoms with van der Waals surface area (Å²) in [6, 6.07) is 102. The monoisotopic (exact) mass is 1540 g/mol. The first kappa shape index (κ1) is 78.7. The third kappa shape index (κ3) is 20.3. The van der Waals surface area contributed by atoms with Gasteiger partial charge in [0.05, 0.1) is 84.2 Å². The van der Waals surface area contributed by atoms with Gasteiger partial charge in [-0.05, 0) is 215 Å². The fourth-order valence-electron chi connectivity index (χ4n) is 13.3. The molecule has 21 rings (SSSR count). The van der Waals surface area contributed by atoms with E-state index in [4.69, 9.17) is 0 Å². The molecule has 14 nitrogen and oxygen atoms in total. The number of hydrogen-bond donors (Lipinski definition) is 0. The maximum Gasteiger partial charge on any atom is 0.0893 e. The van der Waals surface area contributed by atoms with Crippen LogP contribution in [0.25, 0.3) is 155 Å². The van der Waals surface area contributed by atoms with Crippen molar-refractivity contribution in [1.82, 2.24) is 69.8 Å². The van der Waals surface area contributed by atoms with E-state index in [1.54, 1.807) is 0 Å². The molecule has 7 aromatic carbocycles. The van der Waals surface area contributed by atoms with Gasteiger partial charge < -0.3 is 0 Å². The second-order valence-corrected chi connectivity index (χ2v) is 28.8. The fourth-order valence-corrected chi connectivity index (χ4v) is 13.3. The molecule has 0 saturated heterocycles. The molecule has 574 valence electrons. The molecule has 14 aromatic heterocycles. The van der Waals surface area contributed by atoms with Gasteiger partial charge in [-0.1, -0.05) is 176 Å². The van der Waals surface area contributed by atoms with Gasteiger partial charge in [0.1, 0.15) is 0 Å². The van der Waals surface area contributed by atoms with E-state index in [1.165, 1.54) is 33.4 Å². The molecule has 0 fully saturated rings. The summed E-state index contributed by atoms with van der Waals surface area (Å²) in [5.41, 5.74) is 29.7. The lowest BCUT2D eigenvalue weighted by Gasteiger charge is -2.05. The Bertz CT molecular complexity index is 6160. The van der Waals surface area contributed by atoms with Crippen molar-refractivity contribution in [2.24, 2.45) is 0 Å². The van der Waals surface area contributed by atoms with E-state index < -0.39 is 0 Å². The predicted octanol–water partition coefficient (Wildman–Crippen LogP) is 25.2. The normalized spacial score (nSPS) is 10.6. The Morgan fingerprint density at radius 1 is 0.168 bits per heavy atom. The summed E-state index contributed by atoms with van der Waals surface area (Å²) in [7, 11) is 0. The molecule has 119 heavy (non-hydrogen) atoms.